The summed E-state index contributed by atoms with van der Waals surface area (Å²) >= 11 is 23.9. The van der Waals surface area contributed by atoms with Gasteiger partial charge >= 0.3 is 0 Å². The summed E-state index contributed by atoms with van der Waals surface area (Å²) in [4.78, 5) is 0. The van der Waals surface area contributed by atoms with Crippen molar-refractivity contribution in [3.05, 3.63) is 74.7 Å². The predicted molar refractivity (Wildman–Crippen MR) is 101 cm³/mol. The van der Waals surface area contributed by atoms with Crippen molar-refractivity contribution in [3.63, 3.8) is 0 Å². The number of aromatic hydroxyl groups is 1. The summed E-state index contributed by atoms with van der Waals surface area (Å²) in [6.07, 6.45) is 0. The molecule has 7 heteroatoms. The molecule has 0 bridgehead atoms. The number of hydrogen-bond acceptors (Lipinski definition) is 3. The lowest BCUT2D eigenvalue weighted by Crippen LogP contribution is -1.91. The first-order chi connectivity index (χ1) is 11.9. The van der Waals surface area contributed by atoms with E-state index in [-0.39, 0.29) is 11.5 Å². The van der Waals surface area contributed by atoms with Gasteiger partial charge in [-0.05, 0) is 42.5 Å². The van der Waals surface area contributed by atoms with Crippen LogP contribution >= 0.6 is 46.4 Å². The molecule has 0 unspecified atom stereocenters. The number of benzene rings is 3. The van der Waals surface area contributed by atoms with Crippen molar-refractivity contribution < 1.29 is 14.6 Å². The van der Waals surface area contributed by atoms with E-state index in [0.29, 0.717) is 37.3 Å². The number of ether oxygens (including phenoxy) is 2. The van der Waals surface area contributed by atoms with Gasteiger partial charge in [0.25, 0.3) is 0 Å². The van der Waals surface area contributed by atoms with Crippen LogP contribution in [0.4, 0.5) is 0 Å². The molecule has 0 radical (unpaired) electrons. The van der Waals surface area contributed by atoms with E-state index in [1.54, 1.807) is 42.5 Å². The fourth-order valence-corrected chi connectivity index (χ4v) is 2.79. The third-order valence-corrected chi connectivity index (χ3v) is 4.16. The molecule has 3 aromatic rings. The molecule has 0 fully saturated rings. The molecule has 0 atom stereocenters. The van der Waals surface area contributed by atoms with Gasteiger partial charge in [0.05, 0.1) is 5.02 Å². The zero-order valence-electron chi connectivity index (χ0n) is 12.5. The minimum absolute atomic E-state index is 0.108. The first kappa shape index (κ1) is 18.0. The fraction of sp³-hybridized carbons (Fsp3) is 0. The maximum Gasteiger partial charge on any atom is 0.171 e. The molecule has 0 saturated heterocycles. The predicted octanol–water partition coefficient (Wildman–Crippen LogP) is 7.59. The van der Waals surface area contributed by atoms with Crippen molar-refractivity contribution in [1.82, 2.24) is 0 Å². The summed E-state index contributed by atoms with van der Waals surface area (Å²) in [6, 6.07) is 14.2. The van der Waals surface area contributed by atoms with Gasteiger partial charge < -0.3 is 14.6 Å². The molecule has 1 N–H and O–H groups in total. The summed E-state index contributed by atoms with van der Waals surface area (Å²) in [6.45, 7) is 0. The van der Waals surface area contributed by atoms with Gasteiger partial charge in [-0.3, -0.25) is 0 Å². The van der Waals surface area contributed by atoms with E-state index in [4.69, 9.17) is 55.9 Å². The van der Waals surface area contributed by atoms with Crippen molar-refractivity contribution in [2.45, 2.75) is 0 Å². The van der Waals surface area contributed by atoms with E-state index in [2.05, 4.69) is 0 Å². The van der Waals surface area contributed by atoms with Gasteiger partial charge in [0.15, 0.2) is 23.0 Å². The lowest BCUT2D eigenvalue weighted by atomic mass is 10.3. The van der Waals surface area contributed by atoms with Gasteiger partial charge in [0.2, 0.25) is 0 Å². The third kappa shape index (κ3) is 4.44. The van der Waals surface area contributed by atoms with E-state index in [1.165, 1.54) is 12.1 Å². The van der Waals surface area contributed by atoms with Crippen molar-refractivity contribution in [3.8, 4) is 28.7 Å². The van der Waals surface area contributed by atoms with Gasteiger partial charge in [-0.2, -0.15) is 0 Å². The first-order valence-corrected chi connectivity index (χ1v) is 8.52. The standard InChI is InChI=1S/C18H10Cl4O3/c19-10-1-4-15(13(22)7-10)24-17-6-3-12(21)9-18(17)25-16-5-2-11(20)8-14(16)23/h1-9,23H. The Morgan fingerprint density at radius 2 is 1.08 bits per heavy atom. The summed E-state index contributed by atoms with van der Waals surface area (Å²) < 4.78 is 11.5. The van der Waals surface area contributed by atoms with Crippen molar-refractivity contribution in [2.75, 3.05) is 0 Å². The van der Waals surface area contributed by atoms with Crippen LogP contribution in [0.3, 0.4) is 0 Å². The monoisotopic (exact) mass is 414 g/mol. The maximum absolute atomic E-state index is 9.96. The van der Waals surface area contributed by atoms with Crippen LogP contribution in [0, 0.1) is 0 Å². The lowest BCUT2D eigenvalue weighted by Gasteiger charge is -2.14. The van der Waals surface area contributed by atoms with E-state index >= 15 is 0 Å². The van der Waals surface area contributed by atoms with Crippen LogP contribution in [-0.4, -0.2) is 5.11 Å². The van der Waals surface area contributed by atoms with Crippen molar-refractivity contribution in [2.24, 2.45) is 0 Å². The molecule has 3 rings (SSSR count). The summed E-state index contributed by atoms with van der Waals surface area (Å²) in [5, 5.41) is 11.6. The second-order valence-corrected chi connectivity index (χ2v) is 6.70. The zero-order valence-corrected chi connectivity index (χ0v) is 15.5. The van der Waals surface area contributed by atoms with E-state index < -0.39 is 0 Å². The Kier molecular flexibility index (Phi) is 5.50. The molecule has 0 spiro atoms. The quantitative estimate of drug-likeness (QED) is 0.476. The van der Waals surface area contributed by atoms with Crippen molar-refractivity contribution in [1.29, 1.82) is 0 Å². The Balaban J connectivity index is 1.95. The molecule has 0 saturated carbocycles. The van der Waals surface area contributed by atoms with E-state index in [9.17, 15) is 5.11 Å². The Morgan fingerprint density at radius 1 is 0.560 bits per heavy atom. The molecule has 0 aliphatic rings. The molecule has 3 nitrogen and oxygen atoms in total. The van der Waals surface area contributed by atoms with Crippen LogP contribution in [0.1, 0.15) is 0 Å². The van der Waals surface area contributed by atoms with Gasteiger partial charge in [-0.15, -0.1) is 0 Å². The second kappa shape index (κ2) is 7.63. The number of rotatable bonds is 4. The van der Waals surface area contributed by atoms with Gasteiger partial charge in [0.1, 0.15) is 5.75 Å². The van der Waals surface area contributed by atoms with E-state index in [0.717, 1.165) is 0 Å². The lowest BCUT2D eigenvalue weighted by molar-refractivity contribution is 0.389. The second-order valence-electron chi connectivity index (χ2n) is 4.98. The highest BCUT2D eigenvalue weighted by molar-refractivity contribution is 6.35. The van der Waals surface area contributed by atoms with E-state index in [1.807, 2.05) is 0 Å². The van der Waals surface area contributed by atoms with Gasteiger partial charge in [-0.25, -0.2) is 0 Å². The summed E-state index contributed by atoms with van der Waals surface area (Å²) in [5.74, 6) is 1.17. The van der Waals surface area contributed by atoms with Gasteiger partial charge in [-0.1, -0.05) is 46.4 Å². The average molecular weight is 416 g/mol. The highest BCUT2D eigenvalue weighted by Gasteiger charge is 2.13. The molecular formula is C18H10Cl4O3. The average Bonchev–Trinajstić information content (AvgIpc) is 2.55. The Labute approximate surface area is 164 Å². The molecule has 3 aromatic carbocycles. The first-order valence-electron chi connectivity index (χ1n) is 7.01. The Morgan fingerprint density at radius 3 is 1.72 bits per heavy atom. The summed E-state index contributed by atoms with van der Waals surface area (Å²) in [7, 11) is 0. The summed E-state index contributed by atoms with van der Waals surface area (Å²) in [5.41, 5.74) is 0. The molecule has 0 aliphatic carbocycles. The molecule has 0 heterocycles. The van der Waals surface area contributed by atoms with Crippen LogP contribution in [0.25, 0.3) is 0 Å². The molecule has 25 heavy (non-hydrogen) atoms. The Hall–Kier alpha value is -1.78. The Bertz CT molecular complexity index is 928. The van der Waals surface area contributed by atoms with Crippen LogP contribution in [0.5, 0.6) is 28.7 Å². The highest BCUT2D eigenvalue weighted by Crippen LogP contribution is 2.41. The largest absolute Gasteiger partial charge is 0.504 e. The zero-order chi connectivity index (χ0) is 18.0. The number of phenols is 1. The van der Waals surface area contributed by atoms with Crippen LogP contribution in [0.15, 0.2) is 54.6 Å². The fourth-order valence-electron chi connectivity index (χ4n) is 2.02. The number of hydrogen-bond donors (Lipinski definition) is 1. The molecule has 0 aromatic heterocycles. The van der Waals surface area contributed by atoms with Gasteiger partial charge in [0, 0.05) is 27.2 Å². The normalized spacial score (nSPS) is 10.6. The number of phenolic OH excluding ortho intramolecular Hbond substituents is 1. The van der Waals surface area contributed by atoms with Crippen LogP contribution in [-0.2, 0) is 0 Å². The van der Waals surface area contributed by atoms with Crippen LogP contribution < -0.4 is 9.47 Å². The molecular weight excluding hydrogens is 406 g/mol. The minimum Gasteiger partial charge on any atom is -0.504 e. The molecule has 0 amide bonds. The van der Waals surface area contributed by atoms with Crippen molar-refractivity contribution >= 4 is 46.4 Å². The highest BCUT2D eigenvalue weighted by atomic mass is 35.5. The smallest absolute Gasteiger partial charge is 0.171 e. The van der Waals surface area contributed by atoms with Crippen LogP contribution in [0.2, 0.25) is 20.1 Å². The number of halogens is 4. The third-order valence-electron chi connectivity index (χ3n) is 3.16. The molecule has 0 aliphatic heterocycles. The SMILES string of the molecule is Oc1cc(Cl)ccc1Oc1cc(Cl)ccc1Oc1ccc(Cl)cc1Cl. The topological polar surface area (TPSA) is 38.7 Å². The minimum atomic E-state index is -0.108. The molecule has 128 valence electrons. The maximum atomic E-state index is 9.96.